The largest absolute Gasteiger partial charge is 0.387 e. The highest BCUT2D eigenvalue weighted by atomic mass is 16.3. The van der Waals surface area contributed by atoms with Crippen LogP contribution in [0.15, 0.2) is 48.5 Å². The Morgan fingerprint density at radius 3 is 2.43 bits per heavy atom. The number of nitrogens with zero attached hydrogens (tertiary/aromatic N) is 2. The lowest BCUT2D eigenvalue weighted by Crippen LogP contribution is -2.36. The lowest BCUT2D eigenvalue weighted by molar-refractivity contribution is 0.0557. The summed E-state index contributed by atoms with van der Waals surface area (Å²) in [6.45, 7) is 4.85. The summed E-state index contributed by atoms with van der Waals surface area (Å²) in [6, 6.07) is 16.0. The zero-order valence-corrected chi connectivity index (χ0v) is 13.0. The Labute approximate surface area is 127 Å². The molecule has 0 aliphatic carbocycles. The van der Waals surface area contributed by atoms with Gasteiger partial charge in [-0.2, -0.15) is 0 Å². The molecule has 1 N–H and O–H groups in total. The maximum Gasteiger partial charge on any atom is 0.0945 e. The molecule has 2 rings (SSSR count). The number of aliphatic hydroxyl groups excluding tert-OH is 1. The van der Waals surface area contributed by atoms with Crippen molar-refractivity contribution < 1.29 is 5.11 Å². The molecule has 1 aromatic heterocycles. The Hall–Kier alpha value is -1.71. The molecule has 2 unspecified atom stereocenters. The summed E-state index contributed by atoms with van der Waals surface area (Å²) in [5.74, 6) is 0. The number of likely N-dealkylation sites (N-methyl/N-ethyl adjacent to an activating group) is 1. The number of aliphatic hydroxyl groups is 1. The average molecular weight is 284 g/mol. The highest BCUT2D eigenvalue weighted by molar-refractivity contribution is 5.19. The van der Waals surface area contributed by atoms with Gasteiger partial charge in [0.15, 0.2) is 0 Å². The van der Waals surface area contributed by atoms with Gasteiger partial charge in [-0.25, -0.2) is 0 Å². The van der Waals surface area contributed by atoms with Gasteiger partial charge in [0.05, 0.1) is 11.8 Å². The van der Waals surface area contributed by atoms with Gasteiger partial charge in [-0.1, -0.05) is 43.3 Å². The molecule has 1 heterocycles. The Morgan fingerprint density at radius 2 is 1.81 bits per heavy atom. The van der Waals surface area contributed by atoms with E-state index in [0.29, 0.717) is 0 Å². The molecule has 0 saturated carbocycles. The molecule has 0 aliphatic rings. The maximum absolute atomic E-state index is 10.6. The molecule has 112 valence electrons. The number of hydrogen-bond acceptors (Lipinski definition) is 3. The third-order valence-electron chi connectivity index (χ3n) is 3.85. The first-order valence-electron chi connectivity index (χ1n) is 7.47. The Kier molecular flexibility index (Phi) is 5.48. The highest BCUT2D eigenvalue weighted by Gasteiger charge is 2.23. The quantitative estimate of drug-likeness (QED) is 0.884. The molecule has 1 aromatic carbocycles. The monoisotopic (exact) mass is 284 g/mol. The van der Waals surface area contributed by atoms with E-state index in [2.05, 4.69) is 16.8 Å². The van der Waals surface area contributed by atoms with Crippen molar-refractivity contribution in [1.82, 2.24) is 9.88 Å². The fraction of sp³-hybridized carbons (Fsp3) is 0.389. The van der Waals surface area contributed by atoms with Crippen molar-refractivity contribution in [2.75, 3.05) is 7.05 Å². The maximum atomic E-state index is 10.6. The van der Waals surface area contributed by atoms with Crippen molar-refractivity contribution in [2.24, 2.45) is 0 Å². The Bertz CT molecular complexity index is 556. The molecule has 3 heteroatoms. The first kappa shape index (κ1) is 15.7. The van der Waals surface area contributed by atoms with E-state index in [4.69, 9.17) is 0 Å². The fourth-order valence-corrected chi connectivity index (χ4v) is 2.71. The van der Waals surface area contributed by atoms with Crippen molar-refractivity contribution in [3.63, 3.8) is 0 Å². The van der Waals surface area contributed by atoms with Crippen LogP contribution >= 0.6 is 0 Å². The molecule has 0 aliphatic heterocycles. The molecule has 3 nitrogen and oxygen atoms in total. The van der Waals surface area contributed by atoms with E-state index in [1.165, 1.54) is 0 Å². The molecule has 0 amide bonds. The van der Waals surface area contributed by atoms with Crippen LogP contribution in [0.2, 0.25) is 0 Å². The number of rotatable bonds is 6. The molecule has 0 saturated heterocycles. The van der Waals surface area contributed by atoms with Gasteiger partial charge in [0.2, 0.25) is 0 Å². The van der Waals surface area contributed by atoms with Gasteiger partial charge in [0.25, 0.3) is 0 Å². The Morgan fingerprint density at radius 1 is 1.10 bits per heavy atom. The molecule has 2 aromatic rings. The number of benzene rings is 1. The first-order valence-corrected chi connectivity index (χ1v) is 7.47. The minimum absolute atomic E-state index is 0.0784. The normalized spacial score (nSPS) is 14.1. The van der Waals surface area contributed by atoms with E-state index in [-0.39, 0.29) is 6.04 Å². The summed E-state index contributed by atoms with van der Waals surface area (Å²) < 4.78 is 0. The number of hydrogen-bond donors (Lipinski definition) is 1. The predicted molar refractivity (Wildman–Crippen MR) is 85.9 cm³/mol. The molecule has 0 bridgehead atoms. The lowest BCUT2D eigenvalue weighted by Gasteiger charge is -2.31. The van der Waals surface area contributed by atoms with Crippen LogP contribution in [0.25, 0.3) is 0 Å². The third-order valence-corrected chi connectivity index (χ3v) is 3.85. The molecule has 21 heavy (non-hydrogen) atoms. The van der Waals surface area contributed by atoms with E-state index < -0.39 is 6.10 Å². The second-order valence-corrected chi connectivity index (χ2v) is 5.52. The van der Waals surface area contributed by atoms with E-state index >= 15 is 0 Å². The highest BCUT2D eigenvalue weighted by Crippen LogP contribution is 2.23. The van der Waals surface area contributed by atoms with Crippen LogP contribution in [-0.4, -0.2) is 28.1 Å². The SMILES string of the molecule is CCC(C(O)c1ccccc1)N(C)Cc1cccc(C)n1. The lowest BCUT2D eigenvalue weighted by atomic mass is 9.99. The predicted octanol–water partition coefficient (Wildman–Crippen LogP) is 3.33. The van der Waals surface area contributed by atoms with Crippen molar-refractivity contribution >= 4 is 0 Å². The van der Waals surface area contributed by atoms with Crippen LogP contribution in [0.4, 0.5) is 0 Å². The molecule has 0 spiro atoms. The van der Waals surface area contributed by atoms with Gasteiger partial charge in [0.1, 0.15) is 0 Å². The smallest absolute Gasteiger partial charge is 0.0945 e. The molecule has 2 atom stereocenters. The van der Waals surface area contributed by atoms with Gasteiger partial charge in [-0.15, -0.1) is 0 Å². The van der Waals surface area contributed by atoms with E-state index in [0.717, 1.165) is 29.9 Å². The zero-order valence-electron chi connectivity index (χ0n) is 13.0. The third kappa shape index (κ3) is 4.13. The van der Waals surface area contributed by atoms with E-state index in [1.807, 2.05) is 62.5 Å². The molecular formula is C18H24N2O. The van der Waals surface area contributed by atoms with Crippen LogP contribution in [0.5, 0.6) is 0 Å². The summed E-state index contributed by atoms with van der Waals surface area (Å²) in [4.78, 5) is 6.72. The van der Waals surface area contributed by atoms with Gasteiger partial charge in [-0.3, -0.25) is 9.88 Å². The van der Waals surface area contributed by atoms with Crippen LogP contribution in [0.1, 0.15) is 36.4 Å². The van der Waals surface area contributed by atoms with Crippen molar-refractivity contribution in [3.05, 3.63) is 65.5 Å². The van der Waals surface area contributed by atoms with E-state index in [1.54, 1.807) is 0 Å². The van der Waals surface area contributed by atoms with Crippen molar-refractivity contribution in [2.45, 2.75) is 39.0 Å². The van der Waals surface area contributed by atoms with Crippen LogP contribution in [0, 0.1) is 6.92 Å². The topological polar surface area (TPSA) is 36.4 Å². The second-order valence-electron chi connectivity index (χ2n) is 5.52. The van der Waals surface area contributed by atoms with E-state index in [9.17, 15) is 5.11 Å². The van der Waals surface area contributed by atoms with Gasteiger partial charge >= 0.3 is 0 Å². The standard InChI is InChI=1S/C18H24N2O/c1-4-17(18(21)15-10-6-5-7-11-15)20(3)13-16-12-8-9-14(2)19-16/h5-12,17-18,21H,4,13H2,1-3H3. The summed E-state index contributed by atoms with van der Waals surface area (Å²) in [5, 5.41) is 10.6. The Balaban J connectivity index is 2.09. The number of aromatic nitrogens is 1. The van der Waals surface area contributed by atoms with Crippen LogP contribution < -0.4 is 0 Å². The molecule has 0 fully saturated rings. The van der Waals surface area contributed by atoms with Crippen molar-refractivity contribution in [1.29, 1.82) is 0 Å². The van der Waals surface area contributed by atoms with Crippen LogP contribution in [-0.2, 0) is 6.54 Å². The molecule has 0 radical (unpaired) electrons. The summed E-state index contributed by atoms with van der Waals surface area (Å²) in [6.07, 6.45) is 0.407. The fourth-order valence-electron chi connectivity index (χ4n) is 2.71. The number of aryl methyl sites for hydroxylation is 1. The van der Waals surface area contributed by atoms with Gasteiger partial charge < -0.3 is 5.11 Å². The molecular weight excluding hydrogens is 260 g/mol. The minimum Gasteiger partial charge on any atom is -0.387 e. The number of pyridine rings is 1. The summed E-state index contributed by atoms with van der Waals surface area (Å²) in [7, 11) is 2.05. The first-order chi connectivity index (χ1) is 10.1. The van der Waals surface area contributed by atoms with Gasteiger partial charge in [-0.05, 0) is 38.1 Å². The van der Waals surface area contributed by atoms with Crippen LogP contribution in [0.3, 0.4) is 0 Å². The second kappa shape index (κ2) is 7.34. The summed E-state index contributed by atoms with van der Waals surface area (Å²) in [5.41, 5.74) is 3.03. The van der Waals surface area contributed by atoms with Gasteiger partial charge in [0, 0.05) is 18.3 Å². The minimum atomic E-state index is -0.481. The average Bonchev–Trinajstić information content (AvgIpc) is 2.48. The zero-order chi connectivity index (χ0) is 15.2. The van der Waals surface area contributed by atoms with Crippen molar-refractivity contribution in [3.8, 4) is 0 Å². The summed E-state index contributed by atoms with van der Waals surface area (Å²) >= 11 is 0.